The summed E-state index contributed by atoms with van der Waals surface area (Å²) in [5.74, 6) is -0.305. The van der Waals surface area contributed by atoms with Crippen molar-refractivity contribution in [3.63, 3.8) is 0 Å². The normalized spacial score (nSPS) is 18.8. The number of amides is 2. The van der Waals surface area contributed by atoms with Gasteiger partial charge in [0.2, 0.25) is 11.8 Å². The number of nitrogens with one attached hydrogen (secondary N) is 1. The minimum absolute atomic E-state index is 0.00239. The Morgan fingerprint density at radius 1 is 1.32 bits per heavy atom. The van der Waals surface area contributed by atoms with Gasteiger partial charge in [-0.1, -0.05) is 32.0 Å². The maximum atomic E-state index is 12.4. The largest absolute Gasteiger partial charge is 0.369 e. The predicted molar refractivity (Wildman–Crippen MR) is 100 cm³/mol. The second-order valence-corrected chi connectivity index (χ2v) is 7.07. The van der Waals surface area contributed by atoms with Crippen LogP contribution in [0.1, 0.15) is 26.7 Å². The molecule has 1 aromatic rings. The van der Waals surface area contributed by atoms with Gasteiger partial charge in [0.15, 0.2) is 0 Å². The second-order valence-electron chi connectivity index (χ2n) is 7.07. The van der Waals surface area contributed by atoms with E-state index in [9.17, 15) is 9.59 Å². The molecule has 0 bridgehead atoms. The van der Waals surface area contributed by atoms with Crippen LogP contribution in [0.25, 0.3) is 0 Å². The van der Waals surface area contributed by atoms with Gasteiger partial charge in [-0.25, -0.2) is 0 Å². The van der Waals surface area contributed by atoms with Gasteiger partial charge in [-0.05, 0) is 30.9 Å². The fourth-order valence-corrected chi connectivity index (χ4v) is 3.06. The van der Waals surface area contributed by atoms with Crippen LogP contribution in [0, 0.1) is 5.92 Å². The Hall–Kier alpha value is -2.08. The first kappa shape index (κ1) is 19.2. The van der Waals surface area contributed by atoms with E-state index in [0.717, 1.165) is 25.9 Å². The third kappa shape index (κ3) is 5.19. The van der Waals surface area contributed by atoms with E-state index in [0.29, 0.717) is 0 Å². The minimum atomic E-state index is -0.582. The molecule has 1 saturated heterocycles. The molecule has 1 unspecified atom stereocenters. The van der Waals surface area contributed by atoms with Crippen molar-refractivity contribution >= 4 is 17.5 Å². The summed E-state index contributed by atoms with van der Waals surface area (Å²) < 4.78 is 0. The summed E-state index contributed by atoms with van der Waals surface area (Å²) in [6, 6.07) is 9.82. The fourth-order valence-electron chi connectivity index (χ4n) is 3.06. The van der Waals surface area contributed by atoms with Crippen molar-refractivity contribution in [3.05, 3.63) is 30.3 Å². The SMILES string of the molecule is CC(C)[C@H](N)C(=O)NCC(=O)N(C)C1CCCN(c2ccccc2)C1. The van der Waals surface area contributed by atoms with Gasteiger partial charge in [0.05, 0.1) is 12.6 Å². The lowest BCUT2D eigenvalue weighted by Gasteiger charge is -2.39. The maximum absolute atomic E-state index is 12.4. The number of benzene rings is 1. The molecule has 6 nitrogen and oxygen atoms in total. The van der Waals surface area contributed by atoms with Crippen molar-refractivity contribution in [3.8, 4) is 0 Å². The van der Waals surface area contributed by atoms with Gasteiger partial charge in [0.1, 0.15) is 0 Å². The Morgan fingerprint density at radius 2 is 2.00 bits per heavy atom. The van der Waals surface area contributed by atoms with Gasteiger partial charge in [-0.2, -0.15) is 0 Å². The van der Waals surface area contributed by atoms with Crippen molar-refractivity contribution in [2.75, 3.05) is 31.6 Å². The zero-order chi connectivity index (χ0) is 18.4. The zero-order valence-corrected chi connectivity index (χ0v) is 15.4. The van der Waals surface area contributed by atoms with Crippen LogP contribution in [-0.2, 0) is 9.59 Å². The van der Waals surface area contributed by atoms with E-state index in [-0.39, 0.29) is 30.3 Å². The van der Waals surface area contributed by atoms with Crippen molar-refractivity contribution in [2.24, 2.45) is 11.7 Å². The van der Waals surface area contributed by atoms with Gasteiger partial charge in [-0.3, -0.25) is 9.59 Å². The lowest BCUT2D eigenvalue weighted by atomic mass is 10.0. The first-order valence-corrected chi connectivity index (χ1v) is 8.99. The molecule has 2 amide bonds. The first-order valence-electron chi connectivity index (χ1n) is 8.99. The number of anilines is 1. The van der Waals surface area contributed by atoms with Crippen molar-refractivity contribution < 1.29 is 9.59 Å². The quantitative estimate of drug-likeness (QED) is 0.812. The molecule has 1 aliphatic rings. The molecule has 25 heavy (non-hydrogen) atoms. The van der Waals surface area contributed by atoms with Crippen LogP contribution < -0.4 is 16.0 Å². The molecule has 1 heterocycles. The highest BCUT2D eigenvalue weighted by molar-refractivity contribution is 5.87. The summed E-state index contributed by atoms with van der Waals surface area (Å²) in [4.78, 5) is 28.4. The molecule has 1 aromatic carbocycles. The minimum Gasteiger partial charge on any atom is -0.369 e. The topological polar surface area (TPSA) is 78.7 Å². The van der Waals surface area contributed by atoms with Crippen molar-refractivity contribution in [1.82, 2.24) is 10.2 Å². The lowest BCUT2D eigenvalue weighted by molar-refractivity contribution is -0.134. The van der Waals surface area contributed by atoms with E-state index < -0.39 is 6.04 Å². The highest BCUT2D eigenvalue weighted by Gasteiger charge is 2.27. The molecule has 0 aromatic heterocycles. The standard InChI is InChI=1S/C19H30N4O2/c1-14(2)18(20)19(25)21-12-17(24)22(3)16-10-7-11-23(13-16)15-8-5-4-6-9-15/h4-6,8-9,14,16,18H,7,10-13,20H2,1-3H3,(H,21,25)/t16?,18-/m0/s1. The Labute approximate surface area is 150 Å². The summed E-state index contributed by atoms with van der Waals surface area (Å²) in [5.41, 5.74) is 6.99. The average Bonchev–Trinajstić information content (AvgIpc) is 2.65. The van der Waals surface area contributed by atoms with Gasteiger partial charge in [-0.15, -0.1) is 0 Å². The fraction of sp³-hybridized carbons (Fsp3) is 0.579. The van der Waals surface area contributed by atoms with Crippen LogP contribution in [0.4, 0.5) is 5.69 Å². The third-order valence-electron chi connectivity index (χ3n) is 4.89. The number of rotatable bonds is 6. The Bertz CT molecular complexity index is 576. The van der Waals surface area contributed by atoms with Crippen LogP contribution in [-0.4, -0.2) is 55.5 Å². The molecule has 0 radical (unpaired) electrons. The number of carbonyl (C=O) groups excluding carboxylic acids is 2. The molecular formula is C19H30N4O2. The number of hydrogen-bond acceptors (Lipinski definition) is 4. The number of nitrogens with two attached hydrogens (primary N) is 1. The molecule has 0 aliphatic carbocycles. The molecule has 3 N–H and O–H groups in total. The molecule has 2 atom stereocenters. The van der Waals surface area contributed by atoms with Crippen LogP contribution >= 0.6 is 0 Å². The average molecular weight is 346 g/mol. The molecule has 0 saturated carbocycles. The van der Waals surface area contributed by atoms with Gasteiger partial charge in [0, 0.05) is 31.9 Å². The monoisotopic (exact) mass is 346 g/mol. The molecule has 0 spiro atoms. The van der Waals surface area contributed by atoms with Gasteiger partial charge < -0.3 is 20.9 Å². The van der Waals surface area contributed by atoms with E-state index >= 15 is 0 Å². The molecular weight excluding hydrogens is 316 g/mol. The molecule has 1 fully saturated rings. The first-order chi connectivity index (χ1) is 11.9. The third-order valence-corrected chi connectivity index (χ3v) is 4.89. The van der Waals surface area contributed by atoms with E-state index in [2.05, 4.69) is 22.3 Å². The van der Waals surface area contributed by atoms with Crippen molar-refractivity contribution in [2.45, 2.75) is 38.8 Å². The van der Waals surface area contributed by atoms with Crippen molar-refractivity contribution in [1.29, 1.82) is 0 Å². The summed E-state index contributed by atoms with van der Waals surface area (Å²) in [5, 5.41) is 2.66. The number of hydrogen-bond donors (Lipinski definition) is 2. The number of para-hydroxylation sites is 1. The van der Waals surface area contributed by atoms with Gasteiger partial charge >= 0.3 is 0 Å². The molecule has 138 valence electrons. The zero-order valence-electron chi connectivity index (χ0n) is 15.4. The van der Waals surface area contributed by atoms with Crippen LogP contribution in [0.3, 0.4) is 0 Å². The van der Waals surface area contributed by atoms with Gasteiger partial charge in [0.25, 0.3) is 0 Å². The predicted octanol–water partition coefficient (Wildman–Crippen LogP) is 1.21. The summed E-state index contributed by atoms with van der Waals surface area (Å²) in [6.45, 7) is 5.59. The second kappa shape index (κ2) is 8.85. The summed E-state index contributed by atoms with van der Waals surface area (Å²) in [6.07, 6.45) is 2.02. The van der Waals surface area contributed by atoms with E-state index in [4.69, 9.17) is 5.73 Å². The smallest absolute Gasteiger partial charge is 0.242 e. The molecule has 1 aliphatic heterocycles. The summed E-state index contributed by atoms with van der Waals surface area (Å²) >= 11 is 0. The van der Waals surface area contributed by atoms with Crippen LogP contribution in [0.5, 0.6) is 0 Å². The van der Waals surface area contributed by atoms with Crippen LogP contribution in [0.2, 0.25) is 0 Å². The number of piperidine rings is 1. The highest BCUT2D eigenvalue weighted by Crippen LogP contribution is 2.21. The highest BCUT2D eigenvalue weighted by atomic mass is 16.2. The maximum Gasteiger partial charge on any atom is 0.242 e. The molecule has 2 rings (SSSR count). The molecule has 6 heteroatoms. The Kier molecular flexibility index (Phi) is 6.82. The van der Waals surface area contributed by atoms with E-state index in [1.165, 1.54) is 5.69 Å². The Balaban J connectivity index is 1.87. The van der Waals surface area contributed by atoms with E-state index in [1.54, 1.807) is 4.90 Å². The Morgan fingerprint density at radius 3 is 2.64 bits per heavy atom. The number of carbonyl (C=O) groups is 2. The number of nitrogens with zero attached hydrogens (tertiary/aromatic N) is 2. The van der Waals surface area contributed by atoms with E-state index in [1.807, 2.05) is 39.1 Å². The lowest BCUT2D eigenvalue weighted by Crippen LogP contribution is -2.52. The van der Waals surface area contributed by atoms with Crippen LogP contribution in [0.15, 0.2) is 30.3 Å². The number of likely N-dealkylation sites (N-methyl/N-ethyl adjacent to an activating group) is 1. The summed E-state index contributed by atoms with van der Waals surface area (Å²) in [7, 11) is 1.82.